The monoisotopic (exact) mass is 173 g/mol. The highest BCUT2D eigenvalue weighted by Crippen LogP contribution is 2.03. The molecule has 1 rings (SSSR count). The van der Waals surface area contributed by atoms with Crippen LogP contribution in [0.5, 0.6) is 0 Å². The van der Waals surface area contributed by atoms with Gasteiger partial charge in [-0.05, 0) is 19.4 Å². The zero-order valence-electron chi connectivity index (χ0n) is 8.01. The van der Waals surface area contributed by atoms with Gasteiger partial charge < -0.3 is 14.8 Å². The predicted molar refractivity (Wildman–Crippen MR) is 48.3 cm³/mol. The molecule has 1 saturated heterocycles. The van der Waals surface area contributed by atoms with Crippen molar-refractivity contribution >= 4 is 0 Å². The molecule has 3 nitrogen and oxygen atoms in total. The molecule has 12 heavy (non-hydrogen) atoms. The molecule has 2 atom stereocenters. The summed E-state index contributed by atoms with van der Waals surface area (Å²) >= 11 is 0. The summed E-state index contributed by atoms with van der Waals surface area (Å²) < 4.78 is 10.9. The van der Waals surface area contributed by atoms with Crippen LogP contribution in [0.1, 0.15) is 13.8 Å². The highest BCUT2D eigenvalue weighted by Gasteiger charge is 2.15. The molecule has 2 unspecified atom stereocenters. The van der Waals surface area contributed by atoms with Crippen LogP contribution in [0.15, 0.2) is 0 Å². The first-order chi connectivity index (χ1) is 5.83. The summed E-state index contributed by atoms with van der Waals surface area (Å²) in [5, 5.41) is 3.35. The van der Waals surface area contributed by atoms with Gasteiger partial charge in [-0.2, -0.15) is 0 Å². The molecule has 1 heterocycles. The summed E-state index contributed by atoms with van der Waals surface area (Å²) in [5.74, 6) is 0.622. The van der Waals surface area contributed by atoms with Crippen LogP contribution in [0.4, 0.5) is 0 Å². The average molecular weight is 173 g/mol. The van der Waals surface area contributed by atoms with E-state index < -0.39 is 0 Å². The van der Waals surface area contributed by atoms with Gasteiger partial charge in [0.1, 0.15) is 0 Å². The minimum Gasteiger partial charge on any atom is -0.379 e. The van der Waals surface area contributed by atoms with Gasteiger partial charge >= 0.3 is 0 Å². The Kier molecular flexibility index (Phi) is 4.58. The van der Waals surface area contributed by atoms with E-state index in [-0.39, 0.29) is 6.10 Å². The normalized spacial score (nSPS) is 31.5. The molecule has 1 aliphatic heterocycles. The maximum absolute atomic E-state index is 5.63. The first-order valence-electron chi connectivity index (χ1n) is 4.73. The summed E-state index contributed by atoms with van der Waals surface area (Å²) in [5.41, 5.74) is 0. The molecule has 0 saturated carbocycles. The second kappa shape index (κ2) is 5.51. The lowest BCUT2D eigenvalue weighted by Crippen LogP contribution is -2.30. The van der Waals surface area contributed by atoms with Crippen LogP contribution in [0.3, 0.4) is 0 Å². The Morgan fingerprint density at radius 1 is 1.50 bits per heavy atom. The third kappa shape index (κ3) is 3.52. The van der Waals surface area contributed by atoms with E-state index in [4.69, 9.17) is 9.47 Å². The van der Waals surface area contributed by atoms with Crippen LogP contribution in [0.2, 0.25) is 0 Å². The van der Waals surface area contributed by atoms with Crippen molar-refractivity contribution in [2.45, 2.75) is 20.0 Å². The van der Waals surface area contributed by atoms with E-state index in [1.807, 2.05) is 6.92 Å². The quantitative estimate of drug-likeness (QED) is 0.679. The molecule has 72 valence electrons. The molecule has 0 aromatic carbocycles. The number of hydrogen-bond donors (Lipinski definition) is 1. The third-order valence-corrected chi connectivity index (χ3v) is 1.99. The molecule has 0 amide bonds. The van der Waals surface area contributed by atoms with Gasteiger partial charge in [-0.1, -0.05) is 6.92 Å². The van der Waals surface area contributed by atoms with Gasteiger partial charge in [0.15, 0.2) is 0 Å². The summed E-state index contributed by atoms with van der Waals surface area (Å²) in [6.07, 6.45) is 0.245. The fourth-order valence-corrected chi connectivity index (χ4v) is 1.27. The fourth-order valence-electron chi connectivity index (χ4n) is 1.27. The van der Waals surface area contributed by atoms with Crippen molar-refractivity contribution in [3.8, 4) is 0 Å². The third-order valence-electron chi connectivity index (χ3n) is 1.99. The summed E-state index contributed by atoms with van der Waals surface area (Å²) in [6, 6.07) is 0. The molecule has 0 bridgehead atoms. The summed E-state index contributed by atoms with van der Waals surface area (Å²) in [4.78, 5) is 0. The van der Waals surface area contributed by atoms with E-state index in [1.165, 1.54) is 0 Å². The minimum absolute atomic E-state index is 0.245. The molecule has 1 fully saturated rings. The van der Waals surface area contributed by atoms with Crippen molar-refractivity contribution in [3.05, 3.63) is 0 Å². The van der Waals surface area contributed by atoms with E-state index in [0.717, 1.165) is 32.9 Å². The van der Waals surface area contributed by atoms with Crippen molar-refractivity contribution in [1.29, 1.82) is 0 Å². The molecule has 0 spiro atoms. The fraction of sp³-hybridized carbons (Fsp3) is 1.00. The van der Waals surface area contributed by atoms with Gasteiger partial charge in [-0.3, -0.25) is 0 Å². The van der Waals surface area contributed by atoms with E-state index in [2.05, 4.69) is 12.2 Å². The largest absolute Gasteiger partial charge is 0.379 e. The van der Waals surface area contributed by atoms with Gasteiger partial charge in [0.25, 0.3) is 0 Å². The van der Waals surface area contributed by atoms with Gasteiger partial charge in [0, 0.05) is 13.2 Å². The van der Waals surface area contributed by atoms with Crippen LogP contribution in [0.25, 0.3) is 0 Å². The number of hydrogen-bond acceptors (Lipinski definition) is 3. The second-order valence-electron chi connectivity index (χ2n) is 3.38. The zero-order chi connectivity index (χ0) is 8.81. The van der Waals surface area contributed by atoms with Gasteiger partial charge in [0.05, 0.1) is 19.3 Å². The zero-order valence-corrected chi connectivity index (χ0v) is 8.01. The summed E-state index contributed by atoms with van der Waals surface area (Å²) in [6.45, 7) is 8.52. The van der Waals surface area contributed by atoms with E-state index in [1.54, 1.807) is 0 Å². The van der Waals surface area contributed by atoms with Gasteiger partial charge in [-0.15, -0.1) is 0 Å². The lowest BCUT2D eigenvalue weighted by Gasteiger charge is -2.14. The minimum atomic E-state index is 0.245. The Morgan fingerprint density at radius 3 is 3.08 bits per heavy atom. The SMILES string of the molecule is CCOCC1CNCC(C)CO1. The van der Waals surface area contributed by atoms with Crippen molar-refractivity contribution in [2.24, 2.45) is 5.92 Å². The Bertz CT molecular complexity index is 117. The Hall–Kier alpha value is -0.120. The topological polar surface area (TPSA) is 30.5 Å². The molecule has 3 heteroatoms. The number of rotatable bonds is 3. The first-order valence-corrected chi connectivity index (χ1v) is 4.73. The van der Waals surface area contributed by atoms with Crippen molar-refractivity contribution in [2.75, 3.05) is 32.9 Å². The van der Waals surface area contributed by atoms with Crippen molar-refractivity contribution in [1.82, 2.24) is 5.32 Å². The highest BCUT2D eigenvalue weighted by atomic mass is 16.5. The molecular formula is C9H19NO2. The first kappa shape index (κ1) is 9.96. The predicted octanol–water partition coefficient (Wildman–Crippen LogP) is 0.647. The van der Waals surface area contributed by atoms with Crippen LogP contribution in [0, 0.1) is 5.92 Å². The van der Waals surface area contributed by atoms with Crippen molar-refractivity contribution < 1.29 is 9.47 Å². The molecule has 0 aliphatic carbocycles. The standard InChI is InChI=1S/C9H19NO2/c1-3-11-7-9-5-10-4-8(2)6-12-9/h8-10H,3-7H2,1-2H3. The lowest BCUT2D eigenvalue weighted by molar-refractivity contribution is -0.0113. The molecule has 1 N–H and O–H groups in total. The van der Waals surface area contributed by atoms with Crippen LogP contribution in [-0.2, 0) is 9.47 Å². The Labute approximate surface area is 74.4 Å². The molecule has 0 aromatic heterocycles. The van der Waals surface area contributed by atoms with Gasteiger partial charge in [-0.25, -0.2) is 0 Å². The van der Waals surface area contributed by atoms with E-state index >= 15 is 0 Å². The van der Waals surface area contributed by atoms with Crippen LogP contribution < -0.4 is 5.32 Å². The van der Waals surface area contributed by atoms with Crippen molar-refractivity contribution in [3.63, 3.8) is 0 Å². The van der Waals surface area contributed by atoms with Gasteiger partial charge in [0.2, 0.25) is 0 Å². The number of nitrogens with one attached hydrogen (secondary N) is 1. The molecular weight excluding hydrogens is 154 g/mol. The lowest BCUT2D eigenvalue weighted by atomic mass is 10.2. The Morgan fingerprint density at radius 2 is 2.33 bits per heavy atom. The average Bonchev–Trinajstić information content (AvgIpc) is 2.27. The maximum atomic E-state index is 5.63. The molecule has 0 radical (unpaired) electrons. The molecule has 1 aliphatic rings. The summed E-state index contributed by atoms with van der Waals surface area (Å²) in [7, 11) is 0. The second-order valence-corrected chi connectivity index (χ2v) is 3.38. The van der Waals surface area contributed by atoms with E-state index in [0.29, 0.717) is 5.92 Å². The molecule has 0 aromatic rings. The maximum Gasteiger partial charge on any atom is 0.0932 e. The highest BCUT2D eigenvalue weighted by molar-refractivity contribution is 4.68. The smallest absolute Gasteiger partial charge is 0.0932 e. The van der Waals surface area contributed by atoms with E-state index in [9.17, 15) is 0 Å². The van der Waals surface area contributed by atoms with Crippen LogP contribution in [-0.4, -0.2) is 39.0 Å². The number of ether oxygens (including phenoxy) is 2. The van der Waals surface area contributed by atoms with Crippen LogP contribution >= 0.6 is 0 Å². The Balaban J connectivity index is 2.17.